The number of nitrogens with zero attached hydrogens (tertiary/aromatic N) is 1. The third-order valence-corrected chi connectivity index (χ3v) is 2.83. The average Bonchev–Trinajstić information content (AvgIpc) is 2.24. The number of rotatable bonds is 3. The lowest BCUT2D eigenvalue weighted by atomic mass is 10.1. The van der Waals surface area contributed by atoms with Gasteiger partial charge in [0, 0.05) is 5.75 Å². The quantitative estimate of drug-likeness (QED) is 0.664. The van der Waals surface area contributed by atoms with Crippen LogP contribution in [0.1, 0.15) is 26.3 Å². The van der Waals surface area contributed by atoms with Crippen LogP contribution in [0.4, 0.5) is 0 Å². The van der Waals surface area contributed by atoms with Gasteiger partial charge < -0.3 is 10.5 Å². The zero-order valence-electron chi connectivity index (χ0n) is 10.9. The van der Waals surface area contributed by atoms with Crippen molar-refractivity contribution < 1.29 is 4.74 Å². The zero-order valence-corrected chi connectivity index (χ0v) is 11.7. The van der Waals surface area contributed by atoms with E-state index in [1.165, 1.54) is 5.56 Å². The normalized spacial score (nSPS) is 12.6. The third-order valence-electron chi connectivity index (χ3n) is 1.97. The first-order valence-corrected chi connectivity index (χ1v) is 6.50. The Labute approximate surface area is 107 Å². The largest absolute Gasteiger partial charge is 0.497 e. The molecule has 3 nitrogen and oxygen atoms in total. The van der Waals surface area contributed by atoms with E-state index in [0.29, 0.717) is 5.17 Å². The lowest BCUT2D eigenvalue weighted by molar-refractivity contribution is 0.414. The summed E-state index contributed by atoms with van der Waals surface area (Å²) in [7, 11) is 1.67. The molecule has 0 aliphatic rings. The third kappa shape index (κ3) is 5.63. The van der Waals surface area contributed by atoms with E-state index in [0.717, 1.165) is 11.5 Å². The summed E-state index contributed by atoms with van der Waals surface area (Å²) in [6.07, 6.45) is 0. The van der Waals surface area contributed by atoms with Crippen LogP contribution < -0.4 is 10.5 Å². The number of methoxy groups -OCH3 is 1. The molecule has 17 heavy (non-hydrogen) atoms. The molecule has 1 rings (SSSR count). The molecule has 0 fully saturated rings. The number of nitrogens with two attached hydrogens (primary N) is 1. The second-order valence-electron chi connectivity index (χ2n) is 4.76. The van der Waals surface area contributed by atoms with Crippen molar-refractivity contribution in [3.63, 3.8) is 0 Å². The van der Waals surface area contributed by atoms with Crippen molar-refractivity contribution in [3.8, 4) is 5.75 Å². The first-order valence-electron chi connectivity index (χ1n) is 5.52. The maximum atomic E-state index is 5.86. The SMILES string of the molecule is COc1cccc(CSC(N)=NC(C)(C)C)c1. The number of amidine groups is 1. The van der Waals surface area contributed by atoms with E-state index >= 15 is 0 Å². The Morgan fingerprint density at radius 3 is 2.71 bits per heavy atom. The Kier molecular flexibility index (Phi) is 4.87. The van der Waals surface area contributed by atoms with E-state index in [9.17, 15) is 0 Å². The van der Waals surface area contributed by atoms with Gasteiger partial charge in [-0.1, -0.05) is 23.9 Å². The van der Waals surface area contributed by atoms with Crippen LogP contribution in [0.2, 0.25) is 0 Å². The fourth-order valence-corrected chi connectivity index (χ4v) is 2.11. The van der Waals surface area contributed by atoms with Gasteiger partial charge in [-0.25, -0.2) is 0 Å². The van der Waals surface area contributed by atoms with Crippen LogP contribution in [-0.2, 0) is 5.75 Å². The molecule has 94 valence electrons. The van der Waals surface area contributed by atoms with Gasteiger partial charge in [0.25, 0.3) is 0 Å². The Hall–Kier alpha value is -1.16. The van der Waals surface area contributed by atoms with Crippen LogP contribution >= 0.6 is 11.8 Å². The van der Waals surface area contributed by atoms with E-state index in [1.54, 1.807) is 18.9 Å². The standard InChI is InChI=1S/C13H20N2OS/c1-13(2,3)15-12(14)17-9-10-6-5-7-11(8-10)16-4/h5-8H,9H2,1-4H3,(H2,14,15). The highest BCUT2D eigenvalue weighted by molar-refractivity contribution is 8.13. The summed E-state index contributed by atoms with van der Waals surface area (Å²) in [5.41, 5.74) is 6.92. The predicted octanol–water partition coefficient (Wildman–Crippen LogP) is 3.04. The maximum Gasteiger partial charge on any atom is 0.154 e. The van der Waals surface area contributed by atoms with Gasteiger partial charge in [0.2, 0.25) is 0 Å². The molecule has 4 heteroatoms. The van der Waals surface area contributed by atoms with Crippen molar-refractivity contribution in [2.24, 2.45) is 10.7 Å². The van der Waals surface area contributed by atoms with Crippen molar-refractivity contribution >= 4 is 16.9 Å². The van der Waals surface area contributed by atoms with Crippen molar-refractivity contribution in [2.45, 2.75) is 32.1 Å². The van der Waals surface area contributed by atoms with Gasteiger partial charge in [0.15, 0.2) is 5.17 Å². The van der Waals surface area contributed by atoms with E-state index in [1.807, 2.05) is 39.0 Å². The number of hydrogen-bond donors (Lipinski definition) is 1. The van der Waals surface area contributed by atoms with Gasteiger partial charge in [-0.3, -0.25) is 4.99 Å². The fourth-order valence-electron chi connectivity index (χ4n) is 1.28. The molecule has 0 unspecified atom stereocenters. The molecule has 0 aliphatic heterocycles. The van der Waals surface area contributed by atoms with Crippen LogP contribution in [0.3, 0.4) is 0 Å². The van der Waals surface area contributed by atoms with Gasteiger partial charge >= 0.3 is 0 Å². The Balaban J connectivity index is 2.58. The van der Waals surface area contributed by atoms with Gasteiger partial charge in [-0.05, 0) is 38.5 Å². The molecule has 1 aromatic rings. The topological polar surface area (TPSA) is 47.6 Å². The second kappa shape index (κ2) is 5.96. The zero-order chi connectivity index (χ0) is 12.9. The predicted molar refractivity (Wildman–Crippen MR) is 75.7 cm³/mol. The Morgan fingerprint density at radius 1 is 1.41 bits per heavy atom. The molecule has 2 N–H and O–H groups in total. The van der Waals surface area contributed by atoms with Crippen molar-refractivity contribution in [1.29, 1.82) is 0 Å². The maximum absolute atomic E-state index is 5.86. The van der Waals surface area contributed by atoms with E-state index < -0.39 is 0 Å². The molecule has 0 saturated carbocycles. The smallest absolute Gasteiger partial charge is 0.154 e. The van der Waals surface area contributed by atoms with Crippen LogP contribution in [0, 0.1) is 0 Å². The molecular weight excluding hydrogens is 232 g/mol. The summed E-state index contributed by atoms with van der Waals surface area (Å²) in [4.78, 5) is 4.39. The van der Waals surface area contributed by atoms with Crippen LogP contribution in [0.25, 0.3) is 0 Å². The van der Waals surface area contributed by atoms with Crippen LogP contribution in [0.5, 0.6) is 5.75 Å². The monoisotopic (exact) mass is 252 g/mol. The number of aliphatic imine (C=N–C) groups is 1. The first-order chi connectivity index (χ1) is 7.90. The Bertz CT molecular complexity index is 397. The molecule has 0 amide bonds. The van der Waals surface area contributed by atoms with Gasteiger partial charge in [0.05, 0.1) is 12.6 Å². The summed E-state index contributed by atoms with van der Waals surface area (Å²) >= 11 is 1.55. The van der Waals surface area contributed by atoms with Gasteiger partial charge in [0.1, 0.15) is 5.75 Å². The van der Waals surface area contributed by atoms with E-state index in [4.69, 9.17) is 10.5 Å². The van der Waals surface area contributed by atoms with Gasteiger partial charge in [-0.2, -0.15) is 0 Å². The molecule has 0 spiro atoms. The number of hydrogen-bond acceptors (Lipinski definition) is 3. The highest BCUT2D eigenvalue weighted by Crippen LogP contribution is 2.19. The summed E-state index contributed by atoms with van der Waals surface area (Å²) in [5.74, 6) is 1.68. The molecule has 0 radical (unpaired) electrons. The summed E-state index contributed by atoms with van der Waals surface area (Å²) < 4.78 is 5.17. The average molecular weight is 252 g/mol. The van der Waals surface area contributed by atoms with Crippen LogP contribution in [-0.4, -0.2) is 17.8 Å². The van der Waals surface area contributed by atoms with Crippen LogP contribution in [0.15, 0.2) is 29.3 Å². The lowest BCUT2D eigenvalue weighted by Crippen LogP contribution is -2.17. The number of thioether (sulfide) groups is 1. The summed E-state index contributed by atoms with van der Waals surface area (Å²) in [6.45, 7) is 6.10. The molecule has 0 atom stereocenters. The molecule has 1 aromatic carbocycles. The molecule has 0 bridgehead atoms. The molecule has 0 aliphatic carbocycles. The second-order valence-corrected chi connectivity index (χ2v) is 5.76. The van der Waals surface area contributed by atoms with Crippen molar-refractivity contribution in [2.75, 3.05) is 7.11 Å². The lowest BCUT2D eigenvalue weighted by Gasteiger charge is -2.13. The minimum absolute atomic E-state index is 0.120. The van der Waals surface area contributed by atoms with Crippen molar-refractivity contribution in [1.82, 2.24) is 0 Å². The number of ether oxygens (including phenoxy) is 1. The fraction of sp³-hybridized carbons (Fsp3) is 0.462. The minimum atomic E-state index is -0.120. The van der Waals surface area contributed by atoms with E-state index in [2.05, 4.69) is 11.1 Å². The number of benzene rings is 1. The highest BCUT2D eigenvalue weighted by atomic mass is 32.2. The molecule has 0 saturated heterocycles. The summed E-state index contributed by atoms with van der Waals surface area (Å²) in [5, 5.41) is 0.625. The Morgan fingerprint density at radius 2 is 2.12 bits per heavy atom. The van der Waals surface area contributed by atoms with E-state index in [-0.39, 0.29) is 5.54 Å². The molecule has 0 aromatic heterocycles. The molecular formula is C13H20N2OS. The first kappa shape index (κ1) is 13.9. The summed E-state index contributed by atoms with van der Waals surface area (Å²) in [6, 6.07) is 7.98. The van der Waals surface area contributed by atoms with Crippen molar-refractivity contribution in [3.05, 3.63) is 29.8 Å². The minimum Gasteiger partial charge on any atom is -0.497 e. The highest BCUT2D eigenvalue weighted by Gasteiger charge is 2.08. The van der Waals surface area contributed by atoms with Gasteiger partial charge in [-0.15, -0.1) is 0 Å². The molecule has 0 heterocycles.